The number of hydrogen-bond donors (Lipinski definition) is 1. The third kappa shape index (κ3) is 3.12. The normalized spacial score (nSPS) is 18.9. The second-order valence-electron chi connectivity index (χ2n) is 6.09. The van der Waals surface area contributed by atoms with Crippen LogP contribution in [0.1, 0.15) is 21.7 Å². The number of rotatable bonds is 3. The smallest absolute Gasteiger partial charge is 0.306 e. The SMILES string of the molecule is O=C(O)CC1CN(C(=O)c2cc3c(s2)-c2ccccc2OC3)CCO1. The fraction of sp³-hybridized carbons (Fsp3) is 0.333. The molecule has 1 aromatic heterocycles. The molecule has 1 atom stereocenters. The van der Waals surface area contributed by atoms with Gasteiger partial charge in [0.25, 0.3) is 5.91 Å². The molecule has 0 bridgehead atoms. The number of carboxylic acid groups (broad SMARTS) is 1. The zero-order valence-electron chi connectivity index (χ0n) is 13.4. The Morgan fingerprint density at radius 2 is 2.16 bits per heavy atom. The number of carboxylic acids is 1. The number of benzene rings is 1. The topological polar surface area (TPSA) is 76.1 Å². The molecule has 2 aliphatic rings. The molecule has 6 nitrogen and oxygen atoms in total. The van der Waals surface area contributed by atoms with Crippen LogP contribution in [0.3, 0.4) is 0 Å². The molecule has 1 unspecified atom stereocenters. The van der Waals surface area contributed by atoms with E-state index in [1.807, 2.05) is 30.3 Å². The van der Waals surface area contributed by atoms with E-state index in [9.17, 15) is 9.59 Å². The Balaban J connectivity index is 1.56. The van der Waals surface area contributed by atoms with E-state index in [4.69, 9.17) is 14.6 Å². The van der Waals surface area contributed by atoms with Gasteiger partial charge in [0.05, 0.1) is 24.0 Å². The van der Waals surface area contributed by atoms with Gasteiger partial charge in [0.2, 0.25) is 0 Å². The molecule has 1 amide bonds. The van der Waals surface area contributed by atoms with Gasteiger partial charge in [0.1, 0.15) is 12.4 Å². The molecule has 0 aliphatic carbocycles. The number of aliphatic carboxylic acids is 1. The highest BCUT2D eigenvalue weighted by atomic mass is 32.1. The summed E-state index contributed by atoms with van der Waals surface area (Å²) in [4.78, 5) is 27.1. The van der Waals surface area contributed by atoms with Crippen LogP contribution in [0.25, 0.3) is 10.4 Å². The molecule has 7 heteroatoms. The van der Waals surface area contributed by atoms with E-state index in [0.29, 0.717) is 31.2 Å². The van der Waals surface area contributed by atoms with Crippen molar-refractivity contribution in [2.24, 2.45) is 0 Å². The van der Waals surface area contributed by atoms with Crippen molar-refractivity contribution in [1.29, 1.82) is 0 Å². The lowest BCUT2D eigenvalue weighted by molar-refractivity contribution is -0.141. The number of para-hydroxylation sites is 1. The summed E-state index contributed by atoms with van der Waals surface area (Å²) in [5, 5.41) is 8.92. The number of morpholine rings is 1. The van der Waals surface area contributed by atoms with Crippen LogP contribution in [0.5, 0.6) is 5.75 Å². The maximum absolute atomic E-state index is 12.9. The minimum atomic E-state index is -0.917. The number of nitrogens with zero attached hydrogens (tertiary/aromatic N) is 1. The van der Waals surface area contributed by atoms with Crippen LogP contribution in [0.4, 0.5) is 0 Å². The molecular formula is C18H17NO5S. The first-order valence-electron chi connectivity index (χ1n) is 8.09. The van der Waals surface area contributed by atoms with Crippen molar-refractivity contribution in [1.82, 2.24) is 4.90 Å². The van der Waals surface area contributed by atoms with Gasteiger partial charge in [-0.2, -0.15) is 0 Å². The van der Waals surface area contributed by atoms with E-state index in [-0.39, 0.29) is 12.3 Å². The number of ether oxygens (including phenoxy) is 2. The maximum Gasteiger partial charge on any atom is 0.306 e. The number of hydrogen-bond acceptors (Lipinski definition) is 5. The van der Waals surface area contributed by atoms with Gasteiger partial charge in [-0.3, -0.25) is 9.59 Å². The lowest BCUT2D eigenvalue weighted by atomic mass is 10.1. The Labute approximate surface area is 148 Å². The first-order valence-corrected chi connectivity index (χ1v) is 8.91. The molecule has 0 saturated carbocycles. The van der Waals surface area contributed by atoms with Gasteiger partial charge in [0.15, 0.2) is 0 Å². The van der Waals surface area contributed by atoms with Crippen LogP contribution in [0.15, 0.2) is 30.3 Å². The maximum atomic E-state index is 12.9. The van der Waals surface area contributed by atoms with Crippen molar-refractivity contribution in [2.75, 3.05) is 19.7 Å². The van der Waals surface area contributed by atoms with Gasteiger partial charge in [0, 0.05) is 29.1 Å². The molecule has 0 radical (unpaired) electrons. The Bertz CT molecular complexity index is 831. The fourth-order valence-electron chi connectivity index (χ4n) is 3.18. The summed E-state index contributed by atoms with van der Waals surface area (Å²) >= 11 is 1.47. The third-order valence-electron chi connectivity index (χ3n) is 4.36. The molecule has 1 fully saturated rings. The Morgan fingerprint density at radius 1 is 1.32 bits per heavy atom. The van der Waals surface area contributed by atoms with Crippen LogP contribution in [0.2, 0.25) is 0 Å². The van der Waals surface area contributed by atoms with E-state index in [0.717, 1.165) is 21.8 Å². The first-order chi connectivity index (χ1) is 12.1. The zero-order valence-corrected chi connectivity index (χ0v) is 14.3. The molecule has 1 aromatic carbocycles. The van der Waals surface area contributed by atoms with Crippen LogP contribution < -0.4 is 4.74 Å². The molecule has 3 heterocycles. The van der Waals surface area contributed by atoms with Crippen molar-refractivity contribution in [3.05, 3.63) is 40.8 Å². The van der Waals surface area contributed by atoms with E-state index in [1.54, 1.807) is 4.90 Å². The molecule has 1 N–H and O–H groups in total. The minimum Gasteiger partial charge on any atom is -0.488 e. The number of carbonyl (C=O) groups is 2. The Hall–Kier alpha value is -2.38. The van der Waals surface area contributed by atoms with Crippen LogP contribution >= 0.6 is 11.3 Å². The van der Waals surface area contributed by atoms with Crippen LogP contribution in [-0.2, 0) is 16.1 Å². The molecule has 1 saturated heterocycles. The highest BCUT2D eigenvalue weighted by Crippen LogP contribution is 2.42. The summed E-state index contributed by atoms with van der Waals surface area (Å²) in [6, 6.07) is 9.70. The second kappa shape index (κ2) is 6.50. The molecular weight excluding hydrogens is 342 g/mol. The number of amides is 1. The third-order valence-corrected chi connectivity index (χ3v) is 5.56. The van der Waals surface area contributed by atoms with Crippen molar-refractivity contribution < 1.29 is 24.2 Å². The van der Waals surface area contributed by atoms with E-state index < -0.39 is 12.1 Å². The quantitative estimate of drug-likeness (QED) is 0.912. The highest BCUT2D eigenvalue weighted by Gasteiger charge is 2.29. The molecule has 0 spiro atoms. The summed E-state index contributed by atoms with van der Waals surface area (Å²) < 4.78 is 11.2. The predicted octanol–water partition coefficient (Wildman–Crippen LogP) is 2.62. The van der Waals surface area contributed by atoms with Crippen LogP contribution in [-0.4, -0.2) is 47.7 Å². The average molecular weight is 359 g/mol. The summed E-state index contributed by atoms with van der Waals surface area (Å²) in [6.07, 6.45) is -0.541. The Kier molecular flexibility index (Phi) is 4.19. The lowest BCUT2D eigenvalue weighted by Gasteiger charge is -2.32. The Morgan fingerprint density at radius 3 is 3.00 bits per heavy atom. The van der Waals surface area contributed by atoms with E-state index >= 15 is 0 Å². The molecule has 2 aromatic rings. The summed E-state index contributed by atoms with van der Waals surface area (Å²) in [5.41, 5.74) is 2.03. The van der Waals surface area contributed by atoms with Gasteiger partial charge >= 0.3 is 5.97 Å². The monoisotopic (exact) mass is 359 g/mol. The predicted molar refractivity (Wildman–Crippen MR) is 92.0 cm³/mol. The van der Waals surface area contributed by atoms with Crippen molar-refractivity contribution in [3.8, 4) is 16.2 Å². The van der Waals surface area contributed by atoms with Gasteiger partial charge in [-0.25, -0.2) is 0 Å². The number of thiophene rings is 1. The summed E-state index contributed by atoms with van der Waals surface area (Å²) in [6.45, 7) is 1.60. The van der Waals surface area contributed by atoms with E-state index in [2.05, 4.69) is 0 Å². The standard InChI is InChI=1S/C18H17NO5S/c20-16(21)8-12-9-19(5-6-23-12)18(22)15-7-11-10-24-14-4-2-1-3-13(14)17(11)25-15/h1-4,7,12H,5-6,8-10H2,(H,20,21). The zero-order chi connectivity index (χ0) is 17.4. The van der Waals surface area contributed by atoms with Gasteiger partial charge in [-0.1, -0.05) is 12.1 Å². The summed E-state index contributed by atoms with van der Waals surface area (Å²) in [5.74, 6) is -0.154. The summed E-state index contributed by atoms with van der Waals surface area (Å²) in [7, 11) is 0. The number of carbonyl (C=O) groups excluding carboxylic acids is 1. The van der Waals surface area contributed by atoms with Gasteiger partial charge < -0.3 is 19.5 Å². The molecule has 4 rings (SSSR count). The minimum absolute atomic E-state index is 0.0735. The van der Waals surface area contributed by atoms with E-state index in [1.165, 1.54) is 11.3 Å². The van der Waals surface area contributed by atoms with Crippen LogP contribution in [0, 0.1) is 0 Å². The van der Waals surface area contributed by atoms with Gasteiger partial charge in [-0.15, -0.1) is 11.3 Å². The molecule has 2 aliphatic heterocycles. The van der Waals surface area contributed by atoms with Crippen molar-refractivity contribution >= 4 is 23.2 Å². The molecule has 25 heavy (non-hydrogen) atoms. The first kappa shape index (κ1) is 16.1. The molecule has 130 valence electrons. The highest BCUT2D eigenvalue weighted by molar-refractivity contribution is 7.17. The van der Waals surface area contributed by atoms with Gasteiger partial charge in [-0.05, 0) is 18.2 Å². The lowest BCUT2D eigenvalue weighted by Crippen LogP contribution is -2.46. The van der Waals surface area contributed by atoms with Crippen molar-refractivity contribution in [2.45, 2.75) is 19.1 Å². The van der Waals surface area contributed by atoms with Crippen molar-refractivity contribution in [3.63, 3.8) is 0 Å². The fourth-order valence-corrected chi connectivity index (χ4v) is 4.35. The second-order valence-corrected chi connectivity index (χ2v) is 7.14. The number of fused-ring (bicyclic) bond motifs is 3. The largest absolute Gasteiger partial charge is 0.488 e. The average Bonchev–Trinajstić information content (AvgIpc) is 3.05.